The third-order valence-corrected chi connectivity index (χ3v) is 4.74. The van der Waals surface area contributed by atoms with E-state index >= 15 is 0 Å². The smallest absolute Gasteiger partial charge is 0.312 e. The van der Waals surface area contributed by atoms with E-state index in [1.54, 1.807) is 18.7 Å². The van der Waals surface area contributed by atoms with Crippen molar-refractivity contribution < 1.29 is 29.0 Å². The third kappa shape index (κ3) is 8.43. The summed E-state index contributed by atoms with van der Waals surface area (Å²) in [6, 6.07) is 0. The van der Waals surface area contributed by atoms with Crippen LogP contribution in [0.5, 0.6) is 0 Å². The van der Waals surface area contributed by atoms with E-state index in [0.29, 0.717) is 5.75 Å². The van der Waals surface area contributed by atoms with E-state index in [2.05, 4.69) is 0 Å². The Labute approximate surface area is 161 Å². The van der Waals surface area contributed by atoms with E-state index in [9.17, 15) is 19.5 Å². The van der Waals surface area contributed by atoms with Crippen molar-refractivity contribution in [2.75, 3.05) is 25.2 Å². The predicted octanol–water partition coefficient (Wildman–Crippen LogP) is 3.46. The topological polar surface area (TPSA) is 89.9 Å². The molecule has 3 unspecified atom stereocenters. The fraction of sp³-hybridized carbons (Fsp3) is 0.789. The molecular formula is C19H32O6S. The number of esters is 2. The van der Waals surface area contributed by atoms with E-state index in [-0.39, 0.29) is 26.1 Å². The molecule has 2 radical (unpaired) electrons. The quantitative estimate of drug-likeness (QED) is 0.382. The van der Waals surface area contributed by atoms with Crippen LogP contribution in [-0.2, 0) is 23.9 Å². The van der Waals surface area contributed by atoms with Crippen LogP contribution in [0.1, 0.15) is 53.4 Å². The summed E-state index contributed by atoms with van der Waals surface area (Å²) >= 11 is 1.55. The zero-order chi connectivity index (χ0) is 20.4. The number of carbonyl (C=O) groups is 3. The van der Waals surface area contributed by atoms with E-state index in [1.807, 2.05) is 13.2 Å². The summed E-state index contributed by atoms with van der Waals surface area (Å²) in [4.78, 5) is 36.1. The summed E-state index contributed by atoms with van der Waals surface area (Å²) in [6.07, 6.45) is 3.38. The Morgan fingerprint density at radius 2 is 1.81 bits per heavy atom. The molecule has 0 aromatic heterocycles. The number of unbranched alkanes of at least 4 members (excludes halogenated alkanes) is 1. The number of aliphatic carboxylic acids is 1. The van der Waals surface area contributed by atoms with E-state index in [1.165, 1.54) is 13.8 Å². The van der Waals surface area contributed by atoms with Gasteiger partial charge >= 0.3 is 17.9 Å². The van der Waals surface area contributed by atoms with E-state index in [0.717, 1.165) is 12.8 Å². The van der Waals surface area contributed by atoms with Crippen molar-refractivity contribution in [3.63, 3.8) is 0 Å². The van der Waals surface area contributed by atoms with Crippen LogP contribution in [0.2, 0.25) is 0 Å². The lowest BCUT2D eigenvalue weighted by molar-refractivity contribution is -0.160. The summed E-state index contributed by atoms with van der Waals surface area (Å²) in [5.74, 6) is -2.13. The molecule has 0 rings (SSSR count). The lowest BCUT2D eigenvalue weighted by Gasteiger charge is -2.34. The number of hydrogen-bond acceptors (Lipinski definition) is 6. The number of carboxylic acids is 1. The molecular weight excluding hydrogens is 356 g/mol. The maximum atomic E-state index is 12.2. The van der Waals surface area contributed by atoms with Crippen molar-refractivity contribution in [2.45, 2.75) is 53.4 Å². The summed E-state index contributed by atoms with van der Waals surface area (Å²) in [5, 5.41) is 9.67. The average molecular weight is 389 g/mol. The van der Waals surface area contributed by atoms with Crippen LogP contribution in [0, 0.1) is 23.7 Å². The molecule has 0 fully saturated rings. The van der Waals surface area contributed by atoms with Gasteiger partial charge in [-0.3, -0.25) is 14.4 Å². The van der Waals surface area contributed by atoms with Crippen LogP contribution in [0.25, 0.3) is 0 Å². The highest BCUT2D eigenvalue weighted by molar-refractivity contribution is 7.98. The van der Waals surface area contributed by atoms with Gasteiger partial charge in [0.05, 0.1) is 23.4 Å². The predicted molar refractivity (Wildman–Crippen MR) is 102 cm³/mol. The third-order valence-electron chi connectivity index (χ3n) is 4.16. The van der Waals surface area contributed by atoms with Crippen LogP contribution in [0.4, 0.5) is 0 Å². The second kappa shape index (κ2) is 11.5. The zero-order valence-electron chi connectivity index (χ0n) is 16.5. The minimum Gasteiger partial charge on any atom is -0.481 e. The van der Waals surface area contributed by atoms with Crippen LogP contribution < -0.4 is 0 Å². The second-order valence-electron chi connectivity index (χ2n) is 7.21. The maximum Gasteiger partial charge on any atom is 0.312 e. The lowest BCUT2D eigenvalue weighted by atomic mass is 9.70. The molecule has 150 valence electrons. The first-order chi connectivity index (χ1) is 12.0. The second-order valence-corrected chi connectivity index (χ2v) is 8.20. The molecule has 0 aliphatic carbocycles. The first-order valence-electron chi connectivity index (χ1n) is 8.85. The Kier molecular flexibility index (Phi) is 10.9. The Morgan fingerprint density at radius 1 is 1.19 bits per heavy atom. The van der Waals surface area contributed by atoms with Gasteiger partial charge in [0.15, 0.2) is 0 Å². The van der Waals surface area contributed by atoms with Crippen molar-refractivity contribution in [1.29, 1.82) is 0 Å². The summed E-state index contributed by atoms with van der Waals surface area (Å²) in [7, 11) is 0. The van der Waals surface area contributed by atoms with Gasteiger partial charge < -0.3 is 14.6 Å². The van der Waals surface area contributed by atoms with Gasteiger partial charge in [0, 0.05) is 5.75 Å². The van der Waals surface area contributed by atoms with Gasteiger partial charge in [-0.2, -0.15) is 11.8 Å². The Bertz CT molecular complexity index is 477. The number of carbonyl (C=O) groups excluding carboxylic acids is 2. The highest BCUT2D eigenvalue weighted by Gasteiger charge is 2.45. The van der Waals surface area contributed by atoms with Gasteiger partial charge in [-0.05, 0) is 46.3 Å². The molecule has 0 aliphatic rings. The molecule has 6 nitrogen and oxygen atoms in total. The fourth-order valence-electron chi connectivity index (χ4n) is 2.72. The number of thioether (sulfide) groups is 1. The first kappa shape index (κ1) is 24.8. The molecule has 1 N–H and O–H groups in total. The number of ether oxygens (including phenoxy) is 2. The minimum atomic E-state index is -1.46. The molecule has 0 amide bonds. The van der Waals surface area contributed by atoms with Crippen molar-refractivity contribution in [2.24, 2.45) is 16.7 Å². The largest absolute Gasteiger partial charge is 0.481 e. The average Bonchev–Trinajstić information content (AvgIpc) is 2.54. The zero-order valence-corrected chi connectivity index (χ0v) is 17.3. The highest BCUT2D eigenvalue weighted by atomic mass is 32.2. The molecule has 0 spiro atoms. The number of hydrogen-bond donors (Lipinski definition) is 1. The summed E-state index contributed by atoms with van der Waals surface area (Å²) in [5.41, 5.74) is -2.81. The normalized spacial score (nSPS) is 15.0. The molecule has 0 aromatic rings. The van der Waals surface area contributed by atoms with E-state index in [4.69, 9.17) is 16.4 Å². The minimum absolute atomic E-state index is 0.0233. The Hall–Kier alpha value is -1.24. The SMILES string of the molecule is [CH]C(C)(CC(C)(CC(C)C(=O)OCCSC)C(=O)O)C(=O)OCCCC. The lowest BCUT2D eigenvalue weighted by Crippen LogP contribution is -2.40. The molecule has 0 heterocycles. The number of rotatable bonds is 13. The van der Waals surface area contributed by atoms with Crippen molar-refractivity contribution >= 4 is 29.7 Å². The Balaban J connectivity index is 4.98. The van der Waals surface area contributed by atoms with Crippen molar-refractivity contribution in [1.82, 2.24) is 0 Å². The molecule has 0 aliphatic heterocycles. The van der Waals surface area contributed by atoms with Crippen LogP contribution in [-0.4, -0.2) is 48.2 Å². The maximum absolute atomic E-state index is 12.2. The van der Waals surface area contributed by atoms with E-state index < -0.39 is 34.7 Å². The van der Waals surface area contributed by atoms with Crippen LogP contribution in [0.15, 0.2) is 0 Å². The molecule has 0 aromatic carbocycles. The van der Waals surface area contributed by atoms with Crippen molar-refractivity contribution in [3.05, 3.63) is 6.92 Å². The Morgan fingerprint density at radius 3 is 2.31 bits per heavy atom. The molecule has 7 heteroatoms. The van der Waals surface area contributed by atoms with Gasteiger partial charge in [0.25, 0.3) is 0 Å². The van der Waals surface area contributed by atoms with Crippen LogP contribution >= 0.6 is 11.8 Å². The van der Waals surface area contributed by atoms with Gasteiger partial charge in [-0.15, -0.1) is 0 Å². The van der Waals surface area contributed by atoms with Gasteiger partial charge in [0.2, 0.25) is 0 Å². The van der Waals surface area contributed by atoms with Crippen molar-refractivity contribution in [3.8, 4) is 0 Å². The van der Waals surface area contributed by atoms with Gasteiger partial charge in [-0.25, -0.2) is 0 Å². The van der Waals surface area contributed by atoms with Gasteiger partial charge in [0.1, 0.15) is 6.61 Å². The highest BCUT2D eigenvalue weighted by Crippen LogP contribution is 2.40. The monoisotopic (exact) mass is 388 g/mol. The first-order valence-corrected chi connectivity index (χ1v) is 10.2. The molecule has 0 saturated carbocycles. The molecule has 0 bridgehead atoms. The number of carboxylic acid groups (broad SMARTS) is 1. The fourth-order valence-corrected chi connectivity index (χ4v) is 2.97. The van der Waals surface area contributed by atoms with Crippen LogP contribution in [0.3, 0.4) is 0 Å². The molecule has 26 heavy (non-hydrogen) atoms. The summed E-state index contributed by atoms with van der Waals surface area (Å²) in [6.45, 7) is 13.1. The summed E-state index contributed by atoms with van der Waals surface area (Å²) < 4.78 is 10.3. The van der Waals surface area contributed by atoms with Gasteiger partial charge in [-0.1, -0.05) is 20.3 Å². The molecule has 0 saturated heterocycles. The standard InChI is InChI=1S/C19H32O6S/c1-7-8-9-25-17(23)18(3,4)13-19(5,16(21)22)12-14(2)15(20)24-10-11-26-6/h3,14H,7-13H2,1-2,4-6H3,(H,21,22). The molecule has 3 atom stereocenters.